The van der Waals surface area contributed by atoms with Crippen LogP contribution in [0, 0.1) is 0 Å². The number of hydrogen-bond acceptors (Lipinski definition) is 6. The molecule has 0 aliphatic carbocycles. The van der Waals surface area contributed by atoms with Gasteiger partial charge in [0.2, 0.25) is 5.91 Å². The lowest BCUT2D eigenvalue weighted by atomic mass is 10.2. The van der Waals surface area contributed by atoms with Crippen LogP contribution in [0.1, 0.15) is 12.8 Å². The van der Waals surface area contributed by atoms with Gasteiger partial charge in [0.25, 0.3) is 5.56 Å². The second-order valence-corrected chi connectivity index (χ2v) is 6.43. The van der Waals surface area contributed by atoms with E-state index in [4.69, 9.17) is 9.47 Å². The lowest BCUT2D eigenvalue weighted by molar-refractivity contribution is -0.121. The molecular weight excluding hydrogens is 348 g/mol. The molecule has 1 N–H and O–H groups in total. The molecule has 3 rings (SSSR count). The number of hydrogen-bond donors (Lipinski definition) is 1. The second kappa shape index (κ2) is 9.48. The quantitative estimate of drug-likeness (QED) is 0.687. The summed E-state index contributed by atoms with van der Waals surface area (Å²) in [5.41, 5.74) is 1.33. The fraction of sp³-hybridized carbons (Fsp3) is 0.526. The number of anilines is 1. The van der Waals surface area contributed by atoms with E-state index in [0.29, 0.717) is 51.8 Å². The van der Waals surface area contributed by atoms with Gasteiger partial charge in [-0.3, -0.25) is 9.59 Å². The number of aromatic nitrogens is 2. The molecule has 146 valence electrons. The van der Waals surface area contributed by atoms with Crippen LogP contribution < -0.4 is 15.8 Å². The largest absolute Gasteiger partial charge is 0.385 e. The van der Waals surface area contributed by atoms with Gasteiger partial charge >= 0.3 is 0 Å². The predicted molar refractivity (Wildman–Crippen MR) is 103 cm³/mol. The van der Waals surface area contributed by atoms with Crippen LogP contribution >= 0.6 is 0 Å². The molecule has 0 saturated carbocycles. The van der Waals surface area contributed by atoms with Crippen LogP contribution in [-0.2, 0) is 20.8 Å². The summed E-state index contributed by atoms with van der Waals surface area (Å²) in [5.74, 6) is 0.351. The minimum absolute atomic E-state index is 0.0770. The Morgan fingerprint density at radius 1 is 1.30 bits per heavy atom. The maximum absolute atomic E-state index is 13.1. The number of carbonyl (C=O) groups excluding carboxylic acids is 1. The van der Waals surface area contributed by atoms with Crippen molar-refractivity contribution in [2.75, 3.05) is 51.5 Å². The average Bonchev–Trinajstić information content (AvgIpc) is 2.71. The summed E-state index contributed by atoms with van der Waals surface area (Å²) < 4.78 is 12.0. The molecule has 1 aliphatic rings. The summed E-state index contributed by atoms with van der Waals surface area (Å²) in [5, 5.41) is 2.86. The second-order valence-electron chi connectivity index (χ2n) is 6.43. The third-order valence-corrected chi connectivity index (χ3v) is 4.56. The highest BCUT2D eigenvalue weighted by Crippen LogP contribution is 2.15. The van der Waals surface area contributed by atoms with Crippen LogP contribution in [0.15, 0.2) is 29.1 Å². The Bertz CT molecular complexity index is 830. The lowest BCUT2D eigenvalue weighted by Gasteiger charge is -2.28. The number of methoxy groups -OCH3 is 1. The molecule has 8 heteroatoms. The molecule has 27 heavy (non-hydrogen) atoms. The molecule has 1 amide bonds. The van der Waals surface area contributed by atoms with E-state index < -0.39 is 0 Å². The van der Waals surface area contributed by atoms with Crippen LogP contribution in [0.4, 0.5) is 5.82 Å². The number of para-hydroxylation sites is 2. The van der Waals surface area contributed by atoms with E-state index in [0.717, 1.165) is 17.5 Å². The van der Waals surface area contributed by atoms with Gasteiger partial charge in [0.15, 0.2) is 5.82 Å². The summed E-state index contributed by atoms with van der Waals surface area (Å²) in [7, 11) is 1.63. The normalized spacial score (nSPS) is 14.5. The van der Waals surface area contributed by atoms with E-state index in [1.165, 1.54) is 0 Å². The molecule has 0 spiro atoms. The van der Waals surface area contributed by atoms with E-state index in [2.05, 4.69) is 10.3 Å². The van der Waals surface area contributed by atoms with E-state index >= 15 is 0 Å². The van der Waals surface area contributed by atoms with Crippen LogP contribution in [0.3, 0.4) is 0 Å². The van der Waals surface area contributed by atoms with Gasteiger partial charge in [0.1, 0.15) is 0 Å². The number of amides is 1. The highest BCUT2D eigenvalue weighted by Gasteiger charge is 2.19. The summed E-state index contributed by atoms with van der Waals surface area (Å²) in [4.78, 5) is 31.7. The van der Waals surface area contributed by atoms with Gasteiger partial charge in [0, 0.05) is 46.3 Å². The van der Waals surface area contributed by atoms with Crippen molar-refractivity contribution in [1.29, 1.82) is 0 Å². The third kappa shape index (κ3) is 4.84. The average molecular weight is 374 g/mol. The van der Waals surface area contributed by atoms with Crippen LogP contribution in [0.5, 0.6) is 0 Å². The first-order valence-corrected chi connectivity index (χ1v) is 9.28. The lowest BCUT2D eigenvalue weighted by Crippen LogP contribution is -2.41. The first-order chi connectivity index (χ1) is 13.2. The van der Waals surface area contributed by atoms with Crippen molar-refractivity contribution >= 4 is 22.8 Å². The number of carbonyl (C=O) groups is 1. The molecule has 0 bridgehead atoms. The molecular formula is C19H26N4O4. The van der Waals surface area contributed by atoms with Crippen molar-refractivity contribution in [2.45, 2.75) is 19.4 Å². The van der Waals surface area contributed by atoms with Gasteiger partial charge in [-0.05, 0) is 18.6 Å². The van der Waals surface area contributed by atoms with E-state index in [1.807, 2.05) is 29.2 Å². The van der Waals surface area contributed by atoms with Crippen molar-refractivity contribution in [3.63, 3.8) is 0 Å². The minimum atomic E-state index is -0.164. The molecule has 2 heterocycles. The number of morpholine rings is 1. The van der Waals surface area contributed by atoms with Crippen molar-refractivity contribution in [3.8, 4) is 0 Å². The number of fused-ring (bicyclic) bond motifs is 1. The Morgan fingerprint density at radius 2 is 2.07 bits per heavy atom. The number of nitrogens with one attached hydrogen (secondary N) is 1. The van der Waals surface area contributed by atoms with Crippen molar-refractivity contribution in [2.24, 2.45) is 0 Å². The van der Waals surface area contributed by atoms with Gasteiger partial charge in [-0.25, -0.2) is 4.98 Å². The van der Waals surface area contributed by atoms with E-state index in [1.54, 1.807) is 11.7 Å². The number of rotatable bonds is 8. The molecule has 1 saturated heterocycles. The highest BCUT2D eigenvalue weighted by atomic mass is 16.5. The summed E-state index contributed by atoms with van der Waals surface area (Å²) in [6.07, 6.45) is 1.00. The maximum atomic E-state index is 13.1. The van der Waals surface area contributed by atoms with E-state index in [9.17, 15) is 9.59 Å². The van der Waals surface area contributed by atoms with Crippen LogP contribution in [0.2, 0.25) is 0 Å². The number of nitrogens with zero attached hydrogens (tertiary/aromatic N) is 3. The molecule has 0 atom stereocenters. The monoisotopic (exact) mass is 374 g/mol. The number of benzene rings is 1. The smallest absolute Gasteiger partial charge is 0.294 e. The molecule has 1 aliphatic heterocycles. The van der Waals surface area contributed by atoms with Crippen molar-refractivity contribution in [3.05, 3.63) is 34.6 Å². The van der Waals surface area contributed by atoms with Crippen molar-refractivity contribution in [1.82, 2.24) is 14.9 Å². The Kier molecular flexibility index (Phi) is 6.78. The Hall–Kier alpha value is -2.45. The number of ether oxygens (including phenoxy) is 2. The molecule has 8 nitrogen and oxygen atoms in total. The fourth-order valence-electron chi connectivity index (χ4n) is 3.13. The van der Waals surface area contributed by atoms with Gasteiger partial charge < -0.3 is 24.3 Å². The molecule has 1 aromatic carbocycles. The predicted octanol–water partition coefficient (Wildman–Crippen LogP) is 0.776. The topological polar surface area (TPSA) is 85.7 Å². The summed E-state index contributed by atoms with van der Waals surface area (Å²) >= 11 is 0. The van der Waals surface area contributed by atoms with Gasteiger partial charge in [-0.15, -0.1) is 0 Å². The SMILES string of the molecule is COCCCNC(=O)CCn1c(=O)c(N2CCOCC2)nc2ccccc21. The van der Waals surface area contributed by atoms with Gasteiger partial charge in [-0.2, -0.15) is 0 Å². The minimum Gasteiger partial charge on any atom is -0.385 e. The Labute approximate surface area is 158 Å². The third-order valence-electron chi connectivity index (χ3n) is 4.56. The zero-order chi connectivity index (χ0) is 19.1. The Morgan fingerprint density at radius 3 is 2.85 bits per heavy atom. The summed E-state index contributed by atoms with van der Waals surface area (Å²) in [6.45, 7) is 3.93. The molecule has 1 aromatic heterocycles. The summed E-state index contributed by atoms with van der Waals surface area (Å²) in [6, 6.07) is 7.53. The fourth-order valence-corrected chi connectivity index (χ4v) is 3.13. The molecule has 1 fully saturated rings. The molecule has 0 radical (unpaired) electrons. The molecule has 2 aromatic rings. The maximum Gasteiger partial charge on any atom is 0.294 e. The Balaban J connectivity index is 1.79. The van der Waals surface area contributed by atoms with Crippen LogP contribution in [0.25, 0.3) is 11.0 Å². The van der Waals surface area contributed by atoms with Crippen molar-refractivity contribution < 1.29 is 14.3 Å². The van der Waals surface area contributed by atoms with Gasteiger partial charge in [-0.1, -0.05) is 12.1 Å². The number of aryl methyl sites for hydroxylation is 1. The molecule has 0 unspecified atom stereocenters. The first-order valence-electron chi connectivity index (χ1n) is 9.28. The zero-order valence-electron chi connectivity index (χ0n) is 15.6. The highest BCUT2D eigenvalue weighted by molar-refractivity contribution is 5.78. The zero-order valence-corrected chi connectivity index (χ0v) is 15.6. The first kappa shape index (κ1) is 19.3. The van der Waals surface area contributed by atoms with Crippen LogP contribution in [-0.4, -0.2) is 62.0 Å². The van der Waals surface area contributed by atoms with E-state index in [-0.39, 0.29) is 17.9 Å². The van der Waals surface area contributed by atoms with Gasteiger partial charge in [0.05, 0.1) is 24.2 Å². The standard InChI is InChI=1S/C19H26N4O4/c1-26-12-4-8-20-17(24)7-9-23-16-6-3-2-5-15(16)21-18(19(23)25)22-10-13-27-14-11-22/h2-3,5-6H,4,7-14H2,1H3,(H,20,24).